The minimum absolute atomic E-state index is 0.385. The molecule has 5 N–H and O–H groups in total. The summed E-state index contributed by atoms with van der Waals surface area (Å²) in [6, 6.07) is 8.30. The van der Waals surface area contributed by atoms with Crippen molar-refractivity contribution in [3.8, 4) is 0 Å². The van der Waals surface area contributed by atoms with Crippen LogP contribution in [0, 0.1) is 6.92 Å². The van der Waals surface area contributed by atoms with Crippen molar-refractivity contribution in [3.05, 3.63) is 40.8 Å². The normalized spacial score (nSPS) is 13.2. The number of hydrogen-bond donors (Lipinski definition) is 3. The van der Waals surface area contributed by atoms with Crippen LogP contribution in [-0.2, 0) is 0 Å². The second-order valence-corrected chi connectivity index (χ2v) is 6.04. The predicted molar refractivity (Wildman–Crippen MR) is 93.7 cm³/mol. The zero-order valence-corrected chi connectivity index (χ0v) is 13.5. The standard InChI is InChI=1S/C16H22N4S/c1-4-11(3)19-12-7-5-6-8-13(12)20-15(17)14-10(2)9-21-16(14)18/h5-9,11,19H,4,18H2,1-3H3,(H2,17,20). The van der Waals surface area contributed by atoms with Crippen molar-refractivity contribution in [2.45, 2.75) is 33.2 Å². The highest BCUT2D eigenvalue weighted by Crippen LogP contribution is 2.29. The van der Waals surface area contributed by atoms with Gasteiger partial charge in [-0.25, -0.2) is 4.99 Å². The van der Waals surface area contributed by atoms with Gasteiger partial charge in [-0.15, -0.1) is 11.3 Å². The van der Waals surface area contributed by atoms with Gasteiger partial charge in [0.2, 0.25) is 0 Å². The second-order valence-electron chi connectivity index (χ2n) is 5.13. The first-order valence-electron chi connectivity index (χ1n) is 7.06. The molecule has 4 nitrogen and oxygen atoms in total. The lowest BCUT2D eigenvalue weighted by Gasteiger charge is -2.15. The van der Waals surface area contributed by atoms with E-state index in [1.165, 1.54) is 11.3 Å². The van der Waals surface area contributed by atoms with E-state index in [2.05, 4.69) is 24.2 Å². The first kappa shape index (κ1) is 15.4. The van der Waals surface area contributed by atoms with Crippen molar-refractivity contribution in [1.29, 1.82) is 0 Å². The molecule has 0 amide bonds. The molecule has 0 saturated carbocycles. The van der Waals surface area contributed by atoms with E-state index in [1.807, 2.05) is 36.6 Å². The third-order valence-electron chi connectivity index (χ3n) is 3.42. The van der Waals surface area contributed by atoms with Crippen molar-refractivity contribution in [2.24, 2.45) is 10.7 Å². The van der Waals surface area contributed by atoms with Crippen LogP contribution in [0.3, 0.4) is 0 Å². The Kier molecular flexibility index (Phi) is 4.85. The highest BCUT2D eigenvalue weighted by Gasteiger charge is 2.11. The van der Waals surface area contributed by atoms with Crippen molar-refractivity contribution in [3.63, 3.8) is 0 Å². The molecule has 112 valence electrons. The number of anilines is 2. The molecular formula is C16H22N4S. The Labute approximate surface area is 129 Å². The van der Waals surface area contributed by atoms with Crippen LogP contribution in [-0.4, -0.2) is 11.9 Å². The van der Waals surface area contributed by atoms with Crippen LogP contribution in [0.2, 0.25) is 0 Å². The molecule has 21 heavy (non-hydrogen) atoms. The van der Waals surface area contributed by atoms with Crippen LogP contribution in [0.4, 0.5) is 16.4 Å². The van der Waals surface area contributed by atoms with Crippen molar-refractivity contribution < 1.29 is 0 Å². The first-order valence-corrected chi connectivity index (χ1v) is 7.94. The molecule has 0 fully saturated rings. The van der Waals surface area contributed by atoms with Gasteiger partial charge in [0, 0.05) is 6.04 Å². The molecule has 2 rings (SSSR count). The Morgan fingerprint density at radius 1 is 1.38 bits per heavy atom. The summed E-state index contributed by atoms with van der Waals surface area (Å²) in [7, 11) is 0. The van der Waals surface area contributed by atoms with Crippen LogP contribution in [0.15, 0.2) is 34.6 Å². The summed E-state index contributed by atoms with van der Waals surface area (Å²) >= 11 is 1.49. The number of nitrogen functional groups attached to an aromatic ring is 1. The van der Waals surface area contributed by atoms with Crippen molar-refractivity contribution >= 4 is 33.5 Å². The third kappa shape index (κ3) is 3.55. The predicted octanol–water partition coefficient (Wildman–Crippen LogP) is 3.89. The summed E-state index contributed by atoms with van der Waals surface area (Å²) in [6.45, 7) is 6.28. The van der Waals surface area contributed by atoms with Gasteiger partial charge in [0.1, 0.15) is 5.84 Å². The number of thiophene rings is 1. The summed E-state index contributed by atoms with van der Waals surface area (Å²) in [5.74, 6) is 0.463. The molecule has 1 unspecified atom stereocenters. The Hall–Kier alpha value is -2.01. The molecule has 5 heteroatoms. The number of benzene rings is 1. The Morgan fingerprint density at radius 3 is 2.71 bits per heavy atom. The number of hydrogen-bond acceptors (Lipinski definition) is 4. The van der Waals surface area contributed by atoms with E-state index in [-0.39, 0.29) is 0 Å². The summed E-state index contributed by atoms with van der Waals surface area (Å²) in [5.41, 5.74) is 15.9. The van der Waals surface area contributed by atoms with Gasteiger partial charge in [-0.3, -0.25) is 0 Å². The van der Waals surface area contributed by atoms with Gasteiger partial charge in [-0.05, 0) is 43.3 Å². The fraction of sp³-hybridized carbons (Fsp3) is 0.312. The van der Waals surface area contributed by atoms with Crippen LogP contribution < -0.4 is 16.8 Å². The average molecular weight is 302 g/mol. The number of rotatable bonds is 5. The van der Waals surface area contributed by atoms with Gasteiger partial charge in [-0.2, -0.15) is 0 Å². The molecule has 2 aromatic rings. The largest absolute Gasteiger partial charge is 0.390 e. The van der Waals surface area contributed by atoms with E-state index in [1.54, 1.807) is 0 Å². The number of aryl methyl sites for hydroxylation is 1. The molecule has 0 aliphatic rings. The fourth-order valence-electron chi connectivity index (χ4n) is 2.04. The van der Waals surface area contributed by atoms with E-state index in [4.69, 9.17) is 11.5 Å². The van der Waals surface area contributed by atoms with Gasteiger partial charge in [0.15, 0.2) is 0 Å². The molecule has 1 aromatic carbocycles. The summed E-state index contributed by atoms with van der Waals surface area (Å²) < 4.78 is 0. The Bertz CT molecular complexity index is 626. The lowest BCUT2D eigenvalue weighted by atomic mass is 10.2. The minimum atomic E-state index is 0.385. The monoisotopic (exact) mass is 302 g/mol. The molecule has 0 aliphatic carbocycles. The average Bonchev–Trinajstić information content (AvgIpc) is 2.80. The van der Waals surface area contributed by atoms with E-state index >= 15 is 0 Å². The second kappa shape index (κ2) is 6.63. The molecular weight excluding hydrogens is 280 g/mol. The van der Waals surface area contributed by atoms with Gasteiger partial charge in [0.05, 0.1) is 21.9 Å². The minimum Gasteiger partial charge on any atom is -0.390 e. The lowest BCUT2D eigenvalue weighted by molar-refractivity contribution is 0.764. The van der Waals surface area contributed by atoms with E-state index in [0.29, 0.717) is 16.9 Å². The number of nitrogens with one attached hydrogen (secondary N) is 1. The smallest absolute Gasteiger partial charge is 0.134 e. The number of nitrogens with two attached hydrogens (primary N) is 2. The Balaban J connectivity index is 2.36. The first-order chi connectivity index (χ1) is 10.0. The molecule has 1 aromatic heterocycles. The molecule has 1 heterocycles. The fourth-order valence-corrected chi connectivity index (χ4v) is 2.84. The number of amidine groups is 1. The highest BCUT2D eigenvalue weighted by molar-refractivity contribution is 7.14. The quantitative estimate of drug-likeness (QED) is 0.579. The van der Waals surface area contributed by atoms with Crippen LogP contribution in [0.5, 0.6) is 0 Å². The molecule has 0 radical (unpaired) electrons. The molecule has 0 aliphatic heterocycles. The summed E-state index contributed by atoms with van der Waals surface area (Å²) in [5, 5.41) is 6.15. The molecule has 0 spiro atoms. The van der Waals surface area contributed by atoms with Gasteiger partial charge in [0.25, 0.3) is 0 Å². The SMILES string of the molecule is CCC(C)Nc1ccccc1N=C(N)c1c(C)csc1N. The lowest BCUT2D eigenvalue weighted by Crippen LogP contribution is -2.16. The number of nitrogens with zero attached hydrogens (tertiary/aromatic N) is 1. The van der Waals surface area contributed by atoms with Crippen LogP contribution in [0.25, 0.3) is 0 Å². The van der Waals surface area contributed by atoms with E-state index in [9.17, 15) is 0 Å². The van der Waals surface area contributed by atoms with Crippen molar-refractivity contribution in [1.82, 2.24) is 0 Å². The van der Waals surface area contributed by atoms with Gasteiger partial charge < -0.3 is 16.8 Å². The summed E-state index contributed by atoms with van der Waals surface area (Å²) in [6.07, 6.45) is 1.05. The summed E-state index contributed by atoms with van der Waals surface area (Å²) in [4.78, 5) is 4.57. The molecule has 1 atom stereocenters. The molecule has 0 saturated heterocycles. The van der Waals surface area contributed by atoms with E-state index in [0.717, 1.165) is 28.9 Å². The van der Waals surface area contributed by atoms with E-state index < -0.39 is 0 Å². The molecule has 0 bridgehead atoms. The maximum atomic E-state index is 6.15. The number of aliphatic imine (C=N–C) groups is 1. The topological polar surface area (TPSA) is 76.4 Å². The highest BCUT2D eigenvalue weighted by atomic mass is 32.1. The maximum Gasteiger partial charge on any atom is 0.134 e. The number of para-hydroxylation sites is 2. The zero-order valence-electron chi connectivity index (χ0n) is 12.7. The van der Waals surface area contributed by atoms with Gasteiger partial charge in [-0.1, -0.05) is 19.1 Å². The maximum absolute atomic E-state index is 6.15. The van der Waals surface area contributed by atoms with Crippen LogP contribution in [0.1, 0.15) is 31.4 Å². The zero-order chi connectivity index (χ0) is 15.4. The Morgan fingerprint density at radius 2 is 2.10 bits per heavy atom. The van der Waals surface area contributed by atoms with Crippen LogP contribution >= 0.6 is 11.3 Å². The van der Waals surface area contributed by atoms with Crippen molar-refractivity contribution in [2.75, 3.05) is 11.1 Å². The van der Waals surface area contributed by atoms with Gasteiger partial charge >= 0.3 is 0 Å². The third-order valence-corrected chi connectivity index (χ3v) is 4.35.